The fourth-order valence-electron chi connectivity index (χ4n) is 3.18. The number of benzene rings is 2. The molecular formula is C21H19ClN4O. The number of nitrogens with one attached hydrogen (secondary N) is 2. The molecule has 0 saturated heterocycles. The van der Waals surface area contributed by atoms with E-state index < -0.39 is 0 Å². The molecule has 0 aliphatic carbocycles. The highest BCUT2D eigenvalue weighted by molar-refractivity contribution is 6.30. The van der Waals surface area contributed by atoms with Crippen LogP contribution in [0.1, 0.15) is 16.8 Å². The molecule has 5 nitrogen and oxygen atoms in total. The van der Waals surface area contributed by atoms with Gasteiger partial charge < -0.3 is 9.88 Å². The number of amides is 1. The molecule has 2 heterocycles. The zero-order chi connectivity index (χ0) is 18.6. The van der Waals surface area contributed by atoms with Crippen LogP contribution in [-0.2, 0) is 6.54 Å². The monoisotopic (exact) mass is 378 g/mol. The van der Waals surface area contributed by atoms with Crippen LogP contribution >= 0.6 is 11.6 Å². The van der Waals surface area contributed by atoms with Crippen molar-refractivity contribution in [2.75, 3.05) is 6.54 Å². The number of fused-ring (bicyclic) bond motifs is 1. The topological polar surface area (TPSA) is 62.7 Å². The van der Waals surface area contributed by atoms with Gasteiger partial charge in [0.05, 0.1) is 17.5 Å². The summed E-state index contributed by atoms with van der Waals surface area (Å²) < 4.78 is 2.21. The van der Waals surface area contributed by atoms with E-state index in [0.29, 0.717) is 22.8 Å². The fraction of sp³-hybridized carbons (Fsp3) is 0.143. The highest BCUT2D eigenvalue weighted by atomic mass is 35.5. The molecule has 2 aromatic heterocycles. The van der Waals surface area contributed by atoms with Crippen molar-refractivity contribution < 1.29 is 4.79 Å². The highest BCUT2D eigenvalue weighted by Gasteiger charge is 2.14. The molecule has 0 bridgehead atoms. The van der Waals surface area contributed by atoms with E-state index in [9.17, 15) is 4.79 Å². The van der Waals surface area contributed by atoms with Gasteiger partial charge in [-0.1, -0.05) is 41.9 Å². The first kappa shape index (κ1) is 17.4. The standard InChI is InChI=1S/C21H19ClN4O/c22-17-8-6-16(7-9-17)20-18(14-24-25-20)21(27)23-11-3-12-26-13-10-15-4-1-2-5-19(15)26/h1-2,4-10,13-14H,3,11-12H2,(H,23,27)(H,24,25). The Morgan fingerprint density at radius 2 is 1.93 bits per heavy atom. The molecule has 2 aromatic carbocycles. The Hall–Kier alpha value is -3.05. The molecule has 136 valence electrons. The van der Waals surface area contributed by atoms with E-state index in [1.807, 2.05) is 24.3 Å². The summed E-state index contributed by atoms with van der Waals surface area (Å²) in [6, 6.07) is 17.7. The van der Waals surface area contributed by atoms with Crippen LogP contribution in [-0.4, -0.2) is 27.2 Å². The van der Waals surface area contributed by atoms with Crippen molar-refractivity contribution in [3.8, 4) is 11.3 Å². The summed E-state index contributed by atoms with van der Waals surface area (Å²) in [6.07, 6.45) is 4.48. The Morgan fingerprint density at radius 1 is 1.11 bits per heavy atom. The smallest absolute Gasteiger partial charge is 0.255 e. The molecular weight excluding hydrogens is 360 g/mol. The summed E-state index contributed by atoms with van der Waals surface area (Å²) in [5.41, 5.74) is 3.31. The first-order valence-corrected chi connectivity index (χ1v) is 9.21. The first-order valence-electron chi connectivity index (χ1n) is 8.84. The normalized spacial score (nSPS) is 11.0. The lowest BCUT2D eigenvalue weighted by Crippen LogP contribution is -2.25. The molecule has 27 heavy (non-hydrogen) atoms. The van der Waals surface area contributed by atoms with Gasteiger partial charge in [0.2, 0.25) is 0 Å². The lowest BCUT2D eigenvalue weighted by molar-refractivity contribution is 0.0953. The minimum Gasteiger partial charge on any atom is -0.352 e. The van der Waals surface area contributed by atoms with E-state index in [1.165, 1.54) is 10.9 Å². The molecule has 4 aromatic rings. The van der Waals surface area contributed by atoms with Crippen molar-refractivity contribution in [1.82, 2.24) is 20.1 Å². The molecule has 6 heteroatoms. The third kappa shape index (κ3) is 3.73. The molecule has 0 saturated carbocycles. The molecule has 0 unspecified atom stereocenters. The molecule has 0 spiro atoms. The Morgan fingerprint density at radius 3 is 2.78 bits per heavy atom. The third-order valence-corrected chi connectivity index (χ3v) is 4.81. The van der Waals surface area contributed by atoms with Gasteiger partial charge in [-0.25, -0.2) is 0 Å². The van der Waals surface area contributed by atoms with Crippen LogP contribution in [0.5, 0.6) is 0 Å². The van der Waals surface area contributed by atoms with Crippen molar-refractivity contribution in [3.05, 3.63) is 77.6 Å². The number of rotatable bonds is 6. The van der Waals surface area contributed by atoms with Crippen molar-refractivity contribution in [2.24, 2.45) is 0 Å². The van der Waals surface area contributed by atoms with Crippen LogP contribution in [0.4, 0.5) is 0 Å². The van der Waals surface area contributed by atoms with Crippen LogP contribution in [0.3, 0.4) is 0 Å². The molecule has 1 amide bonds. The number of halogens is 1. The number of hydrogen-bond acceptors (Lipinski definition) is 2. The summed E-state index contributed by atoms with van der Waals surface area (Å²) in [6.45, 7) is 1.44. The van der Waals surface area contributed by atoms with Gasteiger partial charge in [-0.05, 0) is 36.1 Å². The summed E-state index contributed by atoms with van der Waals surface area (Å²) in [5.74, 6) is -0.133. The van der Waals surface area contributed by atoms with Crippen molar-refractivity contribution in [3.63, 3.8) is 0 Å². The van der Waals surface area contributed by atoms with Gasteiger partial charge in [0, 0.05) is 35.4 Å². The number of aromatic amines is 1. The number of hydrogen-bond donors (Lipinski definition) is 2. The number of nitrogens with zero attached hydrogens (tertiary/aromatic N) is 2. The Labute approximate surface area is 162 Å². The zero-order valence-electron chi connectivity index (χ0n) is 14.7. The molecule has 0 atom stereocenters. The summed E-state index contributed by atoms with van der Waals surface area (Å²) >= 11 is 5.93. The van der Waals surface area contributed by atoms with Crippen molar-refractivity contribution >= 4 is 28.4 Å². The van der Waals surface area contributed by atoms with Crippen LogP contribution < -0.4 is 5.32 Å². The molecule has 2 N–H and O–H groups in total. The number of aryl methyl sites for hydroxylation is 1. The van der Waals surface area contributed by atoms with Crippen molar-refractivity contribution in [2.45, 2.75) is 13.0 Å². The van der Waals surface area contributed by atoms with E-state index in [-0.39, 0.29) is 5.91 Å². The van der Waals surface area contributed by atoms with E-state index in [1.54, 1.807) is 18.3 Å². The molecule has 0 fully saturated rings. The Bertz CT molecular complexity index is 1070. The van der Waals surface area contributed by atoms with Crippen LogP contribution in [0, 0.1) is 0 Å². The predicted molar refractivity (Wildman–Crippen MR) is 108 cm³/mol. The van der Waals surface area contributed by atoms with Gasteiger partial charge >= 0.3 is 0 Å². The zero-order valence-corrected chi connectivity index (χ0v) is 15.4. The minimum atomic E-state index is -0.133. The second-order valence-corrected chi connectivity index (χ2v) is 6.78. The Balaban J connectivity index is 1.36. The lowest BCUT2D eigenvalue weighted by atomic mass is 10.1. The number of H-pyrrole nitrogens is 1. The SMILES string of the molecule is O=C(NCCCn1ccc2ccccc21)c1cn[nH]c1-c1ccc(Cl)cc1. The molecule has 0 aliphatic rings. The maximum absolute atomic E-state index is 12.5. The summed E-state index contributed by atoms with van der Waals surface area (Å²) in [7, 11) is 0. The molecule has 0 radical (unpaired) electrons. The number of carbonyl (C=O) groups excluding carboxylic acids is 1. The number of carbonyl (C=O) groups is 1. The van der Waals surface area contributed by atoms with Crippen molar-refractivity contribution in [1.29, 1.82) is 0 Å². The predicted octanol–water partition coefficient (Wildman–Crippen LogP) is 4.50. The van der Waals surface area contributed by atoms with E-state index in [2.05, 4.69) is 44.5 Å². The average Bonchev–Trinajstić information content (AvgIpc) is 3.33. The van der Waals surface area contributed by atoms with Crippen LogP contribution in [0.2, 0.25) is 5.02 Å². The summed E-state index contributed by atoms with van der Waals surface area (Å²) in [4.78, 5) is 12.5. The highest BCUT2D eigenvalue weighted by Crippen LogP contribution is 2.23. The quantitative estimate of drug-likeness (QED) is 0.485. The third-order valence-electron chi connectivity index (χ3n) is 4.56. The van der Waals surface area contributed by atoms with Gasteiger partial charge in [0.15, 0.2) is 0 Å². The lowest BCUT2D eigenvalue weighted by Gasteiger charge is -2.08. The first-order chi connectivity index (χ1) is 13.2. The molecule has 4 rings (SSSR count). The maximum Gasteiger partial charge on any atom is 0.255 e. The van der Waals surface area contributed by atoms with E-state index in [0.717, 1.165) is 18.5 Å². The second kappa shape index (κ2) is 7.68. The fourth-order valence-corrected chi connectivity index (χ4v) is 3.30. The van der Waals surface area contributed by atoms with Gasteiger partial charge in [-0.2, -0.15) is 5.10 Å². The average molecular weight is 379 g/mol. The van der Waals surface area contributed by atoms with E-state index in [4.69, 9.17) is 11.6 Å². The van der Waals surface area contributed by atoms with Crippen LogP contribution in [0.25, 0.3) is 22.2 Å². The van der Waals surface area contributed by atoms with E-state index >= 15 is 0 Å². The largest absolute Gasteiger partial charge is 0.352 e. The second-order valence-electron chi connectivity index (χ2n) is 6.34. The van der Waals surface area contributed by atoms with Gasteiger partial charge in [0.1, 0.15) is 0 Å². The summed E-state index contributed by atoms with van der Waals surface area (Å²) in [5, 5.41) is 11.8. The molecule has 0 aliphatic heterocycles. The Kier molecular flexibility index (Phi) is 4.94. The number of aromatic nitrogens is 3. The maximum atomic E-state index is 12.5. The van der Waals surface area contributed by atoms with Gasteiger partial charge in [-0.15, -0.1) is 0 Å². The van der Waals surface area contributed by atoms with Gasteiger partial charge in [-0.3, -0.25) is 9.89 Å². The van der Waals surface area contributed by atoms with Gasteiger partial charge in [0.25, 0.3) is 5.91 Å². The number of para-hydroxylation sites is 1. The minimum absolute atomic E-state index is 0.133. The van der Waals surface area contributed by atoms with Crippen LogP contribution in [0.15, 0.2) is 67.0 Å².